The highest BCUT2D eigenvalue weighted by Crippen LogP contribution is 2.15. The van der Waals surface area contributed by atoms with E-state index >= 15 is 0 Å². The fraction of sp³-hybridized carbons (Fsp3) is 0.292. The lowest BCUT2D eigenvalue weighted by molar-refractivity contribution is 0.0171. The van der Waals surface area contributed by atoms with E-state index in [1.54, 1.807) is 36.5 Å². The van der Waals surface area contributed by atoms with Crippen molar-refractivity contribution in [3.8, 4) is 0 Å². The molecule has 31 heavy (non-hydrogen) atoms. The Morgan fingerprint density at radius 3 is 2.42 bits per heavy atom. The van der Waals surface area contributed by atoms with E-state index in [4.69, 9.17) is 9.84 Å². The maximum absolute atomic E-state index is 13.0. The molecule has 1 aliphatic heterocycles. The number of carbonyl (C=O) groups excluding carboxylic acids is 1. The third-order valence-electron chi connectivity index (χ3n) is 5.62. The van der Waals surface area contributed by atoms with Crippen LogP contribution in [0.1, 0.15) is 51.1 Å². The van der Waals surface area contributed by atoms with Crippen molar-refractivity contribution < 1.29 is 19.4 Å². The van der Waals surface area contributed by atoms with Crippen LogP contribution in [0.15, 0.2) is 53.5 Å². The highest BCUT2D eigenvalue weighted by Gasteiger charge is 2.15. The standard InChI is InChI=1S/C24H24N2O5/c27-22-19(12-16-4-6-17(7-5-16)23(28)29)14-25-21-9-8-18(13-20(21)22)24(30)31-15-26-10-2-1-3-11-26/h4-9,13-14H,1-3,10-12,15H2,(H,25,27)(H,28,29). The second-order valence-corrected chi connectivity index (χ2v) is 7.82. The van der Waals surface area contributed by atoms with Crippen molar-refractivity contribution in [2.24, 2.45) is 0 Å². The first kappa shape index (κ1) is 20.8. The number of hydrogen-bond acceptors (Lipinski definition) is 5. The van der Waals surface area contributed by atoms with Gasteiger partial charge in [0, 0.05) is 42.2 Å². The highest BCUT2D eigenvalue weighted by molar-refractivity contribution is 5.94. The Balaban J connectivity index is 1.52. The first-order valence-electron chi connectivity index (χ1n) is 10.4. The van der Waals surface area contributed by atoms with Crippen molar-refractivity contribution in [2.75, 3.05) is 19.8 Å². The normalized spacial score (nSPS) is 14.5. The van der Waals surface area contributed by atoms with Gasteiger partial charge in [0.05, 0.1) is 11.1 Å². The summed E-state index contributed by atoms with van der Waals surface area (Å²) >= 11 is 0. The Kier molecular flexibility index (Phi) is 6.13. The minimum absolute atomic E-state index is 0.165. The van der Waals surface area contributed by atoms with Gasteiger partial charge in [-0.15, -0.1) is 0 Å². The predicted octanol–water partition coefficient (Wildman–Crippen LogP) is 3.42. The van der Waals surface area contributed by atoms with Gasteiger partial charge in [-0.2, -0.15) is 0 Å². The number of rotatable bonds is 6. The van der Waals surface area contributed by atoms with Crippen LogP contribution >= 0.6 is 0 Å². The summed E-state index contributed by atoms with van der Waals surface area (Å²) in [4.78, 5) is 41.7. The number of carboxylic acids is 1. The molecule has 1 saturated heterocycles. The zero-order valence-corrected chi connectivity index (χ0v) is 17.1. The maximum Gasteiger partial charge on any atom is 0.339 e. The molecule has 0 radical (unpaired) electrons. The molecule has 1 fully saturated rings. The third-order valence-corrected chi connectivity index (χ3v) is 5.62. The summed E-state index contributed by atoms with van der Waals surface area (Å²) < 4.78 is 5.44. The van der Waals surface area contributed by atoms with E-state index in [2.05, 4.69) is 9.88 Å². The van der Waals surface area contributed by atoms with E-state index < -0.39 is 11.9 Å². The minimum Gasteiger partial charge on any atom is -0.478 e. The van der Waals surface area contributed by atoms with E-state index in [9.17, 15) is 14.4 Å². The Labute approximate surface area is 179 Å². The molecule has 0 spiro atoms. The molecule has 3 aromatic rings. The predicted molar refractivity (Wildman–Crippen MR) is 116 cm³/mol. The van der Waals surface area contributed by atoms with Crippen LogP contribution in [0.5, 0.6) is 0 Å². The van der Waals surface area contributed by atoms with Crippen molar-refractivity contribution in [3.05, 3.63) is 81.1 Å². The first-order valence-corrected chi connectivity index (χ1v) is 10.4. The number of aromatic nitrogens is 1. The Morgan fingerprint density at radius 1 is 1.00 bits per heavy atom. The quantitative estimate of drug-likeness (QED) is 0.593. The average Bonchev–Trinajstić information content (AvgIpc) is 2.80. The van der Waals surface area contributed by atoms with Crippen molar-refractivity contribution in [1.82, 2.24) is 9.88 Å². The first-order chi connectivity index (χ1) is 15.0. The van der Waals surface area contributed by atoms with Gasteiger partial charge in [-0.3, -0.25) is 9.69 Å². The molecule has 4 rings (SSSR count). The van der Waals surface area contributed by atoms with Gasteiger partial charge in [0.2, 0.25) is 0 Å². The van der Waals surface area contributed by atoms with Gasteiger partial charge < -0.3 is 14.8 Å². The van der Waals surface area contributed by atoms with Gasteiger partial charge in [0.15, 0.2) is 5.43 Å². The second-order valence-electron chi connectivity index (χ2n) is 7.82. The number of nitrogens with zero attached hydrogens (tertiary/aromatic N) is 1. The lowest BCUT2D eigenvalue weighted by atomic mass is 10.0. The lowest BCUT2D eigenvalue weighted by Gasteiger charge is -2.25. The molecule has 0 bridgehead atoms. The molecule has 2 N–H and O–H groups in total. The summed E-state index contributed by atoms with van der Waals surface area (Å²) in [6, 6.07) is 11.4. The molecule has 0 aliphatic carbocycles. The topological polar surface area (TPSA) is 99.7 Å². The van der Waals surface area contributed by atoms with Crippen molar-refractivity contribution >= 4 is 22.8 Å². The molecule has 7 nitrogen and oxygen atoms in total. The number of likely N-dealkylation sites (tertiary alicyclic amines) is 1. The zero-order chi connectivity index (χ0) is 21.8. The zero-order valence-electron chi connectivity index (χ0n) is 17.1. The molecule has 7 heteroatoms. The molecule has 1 aromatic heterocycles. The van der Waals surface area contributed by atoms with Gasteiger partial charge in [0.1, 0.15) is 6.73 Å². The van der Waals surface area contributed by atoms with E-state index in [0.717, 1.165) is 31.5 Å². The number of benzene rings is 2. The van der Waals surface area contributed by atoms with Crippen LogP contribution in [-0.2, 0) is 11.2 Å². The Morgan fingerprint density at radius 2 is 1.71 bits per heavy atom. The Hall–Kier alpha value is -3.45. The van der Waals surface area contributed by atoms with Crippen LogP contribution in [0, 0.1) is 0 Å². The monoisotopic (exact) mass is 420 g/mol. The van der Waals surface area contributed by atoms with Crippen molar-refractivity contribution in [1.29, 1.82) is 0 Å². The van der Waals surface area contributed by atoms with E-state index in [-0.39, 0.29) is 17.7 Å². The number of hydrogen-bond donors (Lipinski definition) is 2. The number of piperidine rings is 1. The number of fused-ring (bicyclic) bond motifs is 1. The smallest absolute Gasteiger partial charge is 0.339 e. The van der Waals surface area contributed by atoms with Crippen LogP contribution in [0.3, 0.4) is 0 Å². The second kappa shape index (κ2) is 9.14. The molecule has 0 unspecified atom stereocenters. The van der Waals surface area contributed by atoms with E-state index in [1.165, 1.54) is 18.6 Å². The number of carboxylic acid groups (broad SMARTS) is 1. The Bertz CT molecular complexity index is 1160. The number of carbonyl (C=O) groups is 2. The van der Waals surface area contributed by atoms with Crippen LogP contribution in [0.4, 0.5) is 0 Å². The summed E-state index contributed by atoms with van der Waals surface area (Å²) in [6.07, 6.45) is 5.46. The molecular weight excluding hydrogens is 396 g/mol. The SMILES string of the molecule is O=C(O)c1ccc(Cc2c[nH]c3ccc(C(=O)OCN4CCCCC4)cc3c2=O)cc1. The minimum atomic E-state index is -0.991. The van der Waals surface area contributed by atoms with Crippen LogP contribution in [-0.4, -0.2) is 46.7 Å². The number of aromatic carboxylic acids is 1. The number of pyridine rings is 1. The fourth-order valence-corrected chi connectivity index (χ4v) is 3.83. The average molecular weight is 420 g/mol. The van der Waals surface area contributed by atoms with Gasteiger partial charge in [-0.25, -0.2) is 9.59 Å². The molecule has 160 valence electrons. The van der Waals surface area contributed by atoms with E-state index in [1.807, 2.05) is 0 Å². The maximum atomic E-state index is 13.0. The number of nitrogens with one attached hydrogen (secondary N) is 1. The van der Waals surface area contributed by atoms with Crippen molar-refractivity contribution in [2.45, 2.75) is 25.7 Å². The molecule has 2 heterocycles. The van der Waals surface area contributed by atoms with Gasteiger partial charge in [-0.05, 0) is 48.7 Å². The van der Waals surface area contributed by atoms with Crippen LogP contribution in [0.25, 0.3) is 10.9 Å². The third kappa shape index (κ3) is 4.83. The number of ether oxygens (including phenoxy) is 1. The summed E-state index contributed by atoms with van der Waals surface area (Å²) in [5.41, 5.74) is 2.38. The lowest BCUT2D eigenvalue weighted by Crippen LogP contribution is -2.32. The molecule has 0 saturated carbocycles. The molecule has 0 amide bonds. The number of aromatic amines is 1. The summed E-state index contributed by atoms with van der Waals surface area (Å²) in [5, 5.41) is 9.44. The largest absolute Gasteiger partial charge is 0.478 e. The fourth-order valence-electron chi connectivity index (χ4n) is 3.83. The number of H-pyrrole nitrogens is 1. The molecule has 1 aliphatic rings. The molecule has 0 atom stereocenters. The number of esters is 1. The molecule has 2 aromatic carbocycles. The summed E-state index contributed by atoms with van der Waals surface area (Å²) in [6.45, 7) is 2.13. The van der Waals surface area contributed by atoms with Gasteiger partial charge in [0.25, 0.3) is 0 Å². The van der Waals surface area contributed by atoms with Crippen LogP contribution < -0.4 is 5.43 Å². The van der Waals surface area contributed by atoms with Crippen molar-refractivity contribution in [3.63, 3.8) is 0 Å². The van der Waals surface area contributed by atoms with E-state index in [0.29, 0.717) is 28.5 Å². The summed E-state index contributed by atoms with van der Waals surface area (Å²) in [5.74, 6) is -1.43. The van der Waals surface area contributed by atoms with Gasteiger partial charge >= 0.3 is 11.9 Å². The molecular formula is C24H24N2O5. The van der Waals surface area contributed by atoms with Gasteiger partial charge in [-0.1, -0.05) is 18.6 Å². The van der Waals surface area contributed by atoms with Crippen LogP contribution in [0.2, 0.25) is 0 Å². The highest BCUT2D eigenvalue weighted by atomic mass is 16.5. The summed E-state index contributed by atoms with van der Waals surface area (Å²) in [7, 11) is 0.